The molecule has 0 bridgehead atoms. The van der Waals surface area contributed by atoms with Crippen LogP contribution in [0.3, 0.4) is 0 Å². The molecule has 0 aromatic heterocycles. The summed E-state index contributed by atoms with van der Waals surface area (Å²) in [5.41, 5.74) is 2.66. The van der Waals surface area contributed by atoms with E-state index in [-0.39, 0.29) is 18.3 Å². The molecule has 0 unspecified atom stereocenters. The van der Waals surface area contributed by atoms with Gasteiger partial charge in [0.05, 0.1) is 44.2 Å². The molecule has 4 rings (SSSR count). The van der Waals surface area contributed by atoms with Crippen LogP contribution in [0.2, 0.25) is 0 Å². The molecule has 2 aromatic carbocycles. The Balaban J connectivity index is 1.32. The van der Waals surface area contributed by atoms with Gasteiger partial charge in [0, 0.05) is 13.0 Å². The molecule has 37 heavy (non-hydrogen) atoms. The average Bonchev–Trinajstić information content (AvgIpc) is 3.21. The van der Waals surface area contributed by atoms with Crippen molar-refractivity contribution >= 4 is 0 Å². The maximum atomic E-state index is 11.3. The zero-order valence-corrected chi connectivity index (χ0v) is 22.9. The molecule has 1 fully saturated rings. The lowest BCUT2D eigenvalue weighted by molar-refractivity contribution is -0.0460. The molecule has 202 valence electrons. The maximum Gasteiger partial charge on any atom is 0.118 e. The van der Waals surface area contributed by atoms with Gasteiger partial charge in [-0.1, -0.05) is 62.4 Å². The van der Waals surface area contributed by atoms with Crippen LogP contribution in [0.25, 0.3) is 0 Å². The second-order valence-corrected chi connectivity index (χ2v) is 11.2. The van der Waals surface area contributed by atoms with Crippen LogP contribution in [0.5, 0.6) is 5.75 Å². The highest BCUT2D eigenvalue weighted by Crippen LogP contribution is 2.41. The van der Waals surface area contributed by atoms with Gasteiger partial charge in [-0.15, -0.1) is 0 Å². The third kappa shape index (κ3) is 7.67. The Bertz CT molecular complexity index is 982. The summed E-state index contributed by atoms with van der Waals surface area (Å²) < 4.78 is 24.1. The minimum Gasteiger partial charge on any atom is -0.497 e. The summed E-state index contributed by atoms with van der Waals surface area (Å²) >= 11 is 0. The van der Waals surface area contributed by atoms with Gasteiger partial charge in [-0.2, -0.15) is 0 Å². The molecule has 0 amide bonds. The Kier molecular flexibility index (Phi) is 9.83. The van der Waals surface area contributed by atoms with E-state index in [1.807, 2.05) is 49.4 Å². The van der Waals surface area contributed by atoms with E-state index >= 15 is 0 Å². The van der Waals surface area contributed by atoms with Crippen molar-refractivity contribution in [3.63, 3.8) is 0 Å². The van der Waals surface area contributed by atoms with E-state index in [1.54, 1.807) is 7.11 Å². The lowest BCUT2D eigenvalue weighted by Crippen LogP contribution is -2.34. The molecule has 5 atom stereocenters. The Hall–Kier alpha value is -2.18. The molecule has 1 heterocycles. The molecule has 1 N–H and O–H groups in total. The molecule has 0 saturated carbocycles. The number of benzene rings is 2. The smallest absolute Gasteiger partial charge is 0.118 e. The number of rotatable bonds is 12. The van der Waals surface area contributed by atoms with Crippen molar-refractivity contribution in [2.45, 2.75) is 90.0 Å². The third-order valence-corrected chi connectivity index (χ3v) is 7.87. The monoisotopic (exact) mass is 508 g/mol. The van der Waals surface area contributed by atoms with Crippen LogP contribution in [0, 0.1) is 11.8 Å². The zero-order chi connectivity index (χ0) is 26.3. The van der Waals surface area contributed by atoms with Gasteiger partial charge in [0.1, 0.15) is 5.75 Å². The first-order valence-corrected chi connectivity index (χ1v) is 13.8. The van der Waals surface area contributed by atoms with Crippen molar-refractivity contribution in [2.75, 3.05) is 13.7 Å². The fourth-order valence-corrected chi connectivity index (χ4v) is 5.50. The normalized spacial score (nSPS) is 27.9. The van der Waals surface area contributed by atoms with Gasteiger partial charge in [0.15, 0.2) is 0 Å². The molecule has 2 aliphatic rings. The number of methoxy groups -OCH3 is 1. The van der Waals surface area contributed by atoms with Gasteiger partial charge in [-0.3, -0.25) is 0 Å². The molecular weight excluding hydrogens is 464 g/mol. The quantitative estimate of drug-likeness (QED) is 0.263. The summed E-state index contributed by atoms with van der Waals surface area (Å²) in [5, 5.41) is 11.3. The van der Waals surface area contributed by atoms with E-state index in [4.69, 9.17) is 18.9 Å². The zero-order valence-electron chi connectivity index (χ0n) is 22.9. The minimum absolute atomic E-state index is 0.0302. The molecule has 0 spiro atoms. The molecule has 2 aromatic rings. The van der Waals surface area contributed by atoms with Crippen molar-refractivity contribution in [1.82, 2.24) is 0 Å². The predicted octanol–water partition coefficient (Wildman–Crippen LogP) is 6.48. The van der Waals surface area contributed by atoms with Crippen LogP contribution in [-0.2, 0) is 27.4 Å². The Labute approximate surface area is 222 Å². The van der Waals surface area contributed by atoms with Crippen LogP contribution in [0.15, 0.2) is 66.2 Å². The Morgan fingerprint density at radius 2 is 1.73 bits per heavy atom. The van der Waals surface area contributed by atoms with Crippen molar-refractivity contribution in [2.24, 2.45) is 11.8 Å². The van der Waals surface area contributed by atoms with Crippen molar-refractivity contribution in [1.29, 1.82) is 0 Å². The fraction of sp³-hybridized carbons (Fsp3) is 0.562. The number of allylic oxidation sites excluding steroid dienone is 1. The van der Waals surface area contributed by atoms with Crippen LogP contribution in [0.4, 0.5) is 0 Å². The molecule has 5 heteroatoms. The molecule has 1 saturated heterocycles. The topological polar surface area (TPSA) is 57.2 Å². The SMILES string of the molecule is COc1ccc(COCCC[C@H]2O[C@@H](C3=C[C@@H](C(C)C)CC[C@@H]3OCc3ccccc3)C[C@@]2(C)O)cc1. The first-order chi connectivity index (χ1) is 17.9. The maximum absolute atomic E-state index is 11.3. The minimum atomic E-state index is -0.865. The van der Waals surface area contributed by atoms with E-state index in [0.29, 0.717) is 38.1 Å². The predicted molar refractivity (Wildman–Crippen MR) is 146 cm³/mol. The van der Waals surface area contributed by atoms with Gasteiger partial charge in [0.25, 0.3) is 0 Å². The number of ether oxygens (including phenoxy) is 4. The van der Waals surface area contributed by atoms with E-state index in [0.717, 1.165) is 37.0 Å². The molecular formula is C32H44O5. The molecule has 1 aliphatic carbocycles. The van der Waals surface area contributed by atoms with Crippen molar-refractivity contribution in [3.05, 3.63) is 77.4 Å². The second kappa shape index (κ2) is 13.1. The number of hydrogen-bond acceptors (Lipinski definition) is 5. The van der Waals surface area contributed by atoms with Crippen molar-refractivity contribution in [3.8, 4) is 5.75 Å². The van der Waals surface area contributed by atoms with E-state index in [9.17, 15) is 5.11 Å². The number of hydrogen-bond donors (Lipinski definition) is 1. The summed E-state index contributed by atoms with van der Waals surface area (Å²) in [6, 6.07) is 18.3. The highest BCUT2D eigenvalue weighted by molar-refractivity contribution is 5.26. The van der Waals surface area contributed by atoms with E-state index < -0.39 is 5.60 Å². The lowest BCUT2D eigenvalue weighted by atomic mass is 9.79. The number of aliphatic hydroxyl groups is 1. The molecule has 5 nitrogen and oxygen atoms in total. The largest absolute Gasteiger partial charge is 0.497 e. The van der Waals surface area contributed by atoms with E-state index in [1.165, 1.54) is 11.1 Å². The third-order valence-electron chi connectivity index (χ3n) is 7.87. The average molecular weight is 509 g/mol. The fourth-order valence-electron chi connectivity index (χ4n) is 5.50. The summed E-state index contributed by atoms with van der Waals surface area (Å²) in [6.07, 6.45) is 6.43. The second-order valence-electron chi connectivity index (χ2n) is 11.2. The van der Waals surface area contributed by atoms with Gasteiger partial charge in [0.2, 0.25) is 0 Å². The van der Waals surface area contributed by atoms with E-state index in [2.05, 4.69) is 32.1 Å². The van der Waals surface area contributed by atoms with Gasteiger partial charge in [-0.25, -0.2) is 0 Å². The van der Waals surface area contributed by atoms with Crippen LogP contribution < -0.4 is 4.74 Å². The summed E-state index contributed by atoms with van der Waals surface area (Å²) in [5.74, 6) is 1.94. The van der Waals surface area contributed by atoms with Crippen molar-refractivity contribution < 1.29 is 24.1 Å². The summed E-state index contributed by atoms with van der Waals surface area (Å²) in [7, 11) is 1.67. The Morgan fingerprint density at radius 3 is 2.43 bits per heavy atom. The van der Waals surface area contributed by atoms with Gasteiger partial charge >= 0.3 is 0 Å². The first kappa shape index (κ1) is 27.8. The molecule has 1 aliphatic heterocycles. The highest BCUT2D eigenvalue weighted by atomic mass is 16.5. The van der Waals surface area contributed by atoms with Crippen LogP contribution in [0.1, 0.15) is 64.0 Å². The van der Waals surface area contributed by atoms with Crippen LogP contribution >= 0.6 is 0 Å². The first-order valence-electron chi connectivity index (χ1n) is 13.8. The van der Waals surface area contributed by atoms with Gasteiger partial charge < -0.3 is 24.1 Å². The lowest BCUT2D eigenvalue weighted by Gasteiger charge is -2.33. The summed E-state index contributed by atoms with van der Waals surface area (Å²) in [6.45, 7) is 8.27. The Morgan fingerprint density at radius 1 is 1.00 bits per heavy atom. The van der Waals surface area contributed by atoms with Crippen LogP contribution in [-0.4, -0.2) is 42.7 Å². The molecule has 0 radical (unpaired) electrons. The van der Waals surface area contributed by atoms with Gasteiger partial charge in [-0.05, 0) is 73.3 Å². The highest BCUT2D eigenvalue weighted by Gasteiger charge is 2.46. The summed E-state index contributed by atoms with van der Waals surface area (Å²) in [4.78, 5) is 0. The standard InChI is InChI=1S/C32H44O5/c1-23(2)26-14-17-29(36-22-24-9-6-5-7-10-24)28(19-26)30-20-32(3,33)31(37-30)11-8-18-35-21-25-12-15-27(34-4)16-13-25/h5-7,9-10,12-13,15-16,19,23,26,29-31,33H,8,11,14,17-18,20-22H2,1-4H3/t26-,29-,30+,31+,32+/m0/s1.